The number of aromatic nitrogens is 4. The number of nitrogens with one attached hydrogen (secondary N) is 4. The van der Waals surface area contributed by atoms with Crippen LogP contribution in [-0.4, -0.2) is 145 Å². The first-order chi connectivity index (χ1) is 43.0. The van der Waals surface area contributed by atoms with Gasteiger partial charge in [0, 0.05) is 54.5 Å². The van der Waals surface area contributed by atoms with Crippen LogP contribution >= 0.6 is 15.6 Å². The van der Waals surface area contributed by atoms with Gasteiger partial charge in [-0.05, 0) is 53.9 Å². The zero-order valence-corrected chi connectivity index (χ0v) is 53.0. The van der Waals surface area contributed by atoms with Crippen LogP contribution in [0.2, 0.25) is 5.04 Å². The molecule has 5 aromatic rings. The summed E-state index contributed by atoms with van der Waals surface area (Å²) in [5, 5.41) is 17.4. The van der Waals surface area contributed by atoms with Crippen LogP contribution in [0.15, 0.2) is 134 Å². The van der Waals surface area contributed by atoms with Gasteiger partial charge in [-0.15, -0.1) is 0 Å². The van der Waals surface area contributed by atoms with E-state index in [-0.39, 0.29) is 43.5 Å². The van der Waals surface area contributed by atoms with Crippen molar-refractivity contribution in [1.82, 2.24) is 34.6 Å². The standard InChI is InChI=1S/C59H71N9O19P2Si/c1-37-31-66(56(73)63-52(37)62-55(72)40-18-12-9-13-19-40)51-30-45(87-90(59(4,5)6,41-20-14-10-15-21-41)42-22-16-11-17-23-42)48(84-51)36-81-89(77,79-27-25-61-8)86-44-29-50(68-33-39(3)54(71)65-58(68)75)83-47(44)35-80-88(76,78-26-24-60-7)85-43-28-49(82-46(43)34-69)67-32-38(2)53(70)64-57(67)74/h9-23,31-33,43-52,69H,24-30,34-36H2,1-6H3,(H,62,72)(H,63,73)(H,64,70,74)(H,65,71,75)/t43-,44-,45-,46-,47-,48-,49-,50-,51-,52?,88?,89?/m1/s1. The smallest absolute Gasteiger partial charge is 0.402 e. The fraction of sp³-hybridized carbons (Fsp3) is 0.458. The molecule has 0 aliphatic carbocycles. The summed E-state index contributed by atoms with van der Waals surface area (Å²) in [4.78, 5) is 91.0. The van der Waals surface area contributed by atoms with E-state index in [1.165, 1.54) is 31.1 Å². The first-order valence-electron chi connectivity index (χ1n) is 28.9. The second-order valence-corrected chi connectivity index (χ2v) is 30.3. The zero-order chi connectivity index (χ0) is 64.5. The molecule has 3 amide bonds. The van der Waals surface area contributed by atoms with Gasteiger partial charge in [-0.25, -0.2) is 36.7 Å². The first kappa shape index (κ1) is 67.1. The van der Waals surface area contributed by atoms with Crippen LogP contribution in [0.5, 0.6) is 0 Å². The molecule has 28 nitrogen and oxygen atoms in total. The van der Waals surface area contributed by atoms with Gasteiger partial charge >= 0.3 is 33.1 Å². The lowest BCUT2D eigenvalue weighted by molar-refractivity contribution is -0.0665. The molecule has 3 fully saturated rings. The molecule has 3 aromatic carbocycles. The van der Waals surface area contributed by atoms with Gasteiger partial charge in [0.25, 0.3) is 25.3 Å². The molecule has 0 bridgehead atoms. The van der Waals surface area contributed by atoms with Gasteiger partial charge in [0.05, 0.1) is 25.9 Å². The van der Waals surface area contributed by atoms with Crippen molar-refractivity contribution in [2.75, 3.05) is 46.1 Å². The summed E-state index contributed by atoms with van der Waals surface area (Å²) in [5.41, 5.74) is -1.83. The minimum Gasteiger partial charge on any atom is -0.402 e. The van der Waals surface area contributed by atoms with E-state index in [9.17, 15) is 38.4 Å². The van der Waals surface area contributed by atoms with Crippen LogP contribution in [0.4, 0.5) is 4.79 Å². The number of nitrogens with zero attached hydrogens (tertiary/aromatic N) is 5. The zero-order valence-electron chi connectivity index (χ0n) is 50.2. The van der Waals surface area contributed by atoms with E-state index >= 15 is 4.57 Å². The average molecular weight is 1300 g/mol. The van der Waals surface area contributed by atoms with E-state index in [2.05, 4.69) is 51.1 Å². The third-order valence-corrected chi connectivity index (χ3v) is 23.6. The Morgan fingerprint density at radius 3 is 1.59 bits per heavy atom. The summed E-state index contributed by atoms with van der Waals surface area (Å²) in [6.45, 7) is 22.1. The molecule has 12 atom stereocenters. The number of H-pyrrole nitrogens is 2. The van der Waals surface area contributed by atoms with Gasteiger partial charge < -0.3 is 44.1 Å². The Balaban J connectivity index is 1.03. The number of carbonyl (C=O) groups excluding carboxylic acids is 2. The number of amides is 3. The monoisotopic (exact) mass is 1300 g/mol. The lowest BCUT2D eigenvalue weighted by Crippen LogP contribution is -2.68. The molecule has 5 N–H and O–H groups in total. The number of urea groups is 1. The highest BCUT2D eigenvalue weighted by atomic mass is 31.2. The van der Waals surface area contributed by atoms with Crippen molar-refractivity contribution in [2.24, 2.45) is 0 Å². The molecule has 31 heteroatoms. The normalized spacial score (nSPS) is 24.9. The Kier molecular flexibility index (Phi) is 21.6. The van der Waals surface area contributed by atoms with Crippen LogP contribution in [-0.2, 0) is 54.9 Å². The van der Waals surface area contributed by atoms with E-state index in [0.717, 1.165) is 19.5 Å². The van der Waals surface area contributed by atoms with E-state index < -0.39 is 158 Å². The van der Waals surface area contributed by atoms with Crippen LogP contribution < -0.4 is 43.5 Å². The molecule has 0 spiro atoms. The second kappa shape index (κ2) is 28.9. The van der Waals surface area contributed by atoms with Gasteiger partial charge in [-0.3, -0.25) is 65.5 Å². The molecule has 480 valence electrons. The molecule has 90 heavy (non-hydrogen) atoms. The van der Waals surface area contributed by atoms with Gasteiger partial charge in [-0.1, -0.05) is 99.6 Å². The van der Waals surface area contributed by atoms with E-state index in [1.807, 2.05) is 60.7 Å². The highest BCUT2D eigenvalue weighted by Crippen LogP contribution is 2.56. The molecular weight excluding hydrogens is 1230 g/mol. The predicted molar refractivity (Wildman–Crippen MR) is 326 cm³/mol. The lowest BCUT2D eigenvalue weighted by Gasteiger charge is -2.45. The third kappa shape index (κ3) is 15.4. The predicted octanol–water partition coefficient (Wildman–Crippen LogP) is 4.91. The number of aromatic amines is 2. The maximum atomic E-state index is 15.5. The average Bonchev–Trinajstić information content (AvgIpc) is 0.983. The second-order valence-electron chi connectivity index (χ2n) is 22.8. The van der Waals surface area contributed by atoms with Crippen molar-refractivity contribution < 1.29 is 69.6 Å². The van der Waals surface area contributed by atoms with Crippen molar-refractivity contribution in [3.63, 3.8) is 0 Å². The summed E-state index contributed by atoms with van der Waals surface area (Å²) >= 11 is 0. The Labute approximate surface area is 518 Å². The van der Waals surface area contributed by atoms with Crippen LogP contribution in [0.25, 0.3) is 9.69 Å². The molecule has 0 radical (unpaired) electrons. The topological polar surface area (TPSA) is 327 Å². The molecule has 2 aromatic heterocycles. The number of hydrogen-bond acceptors (Lipinski definition) is 19. The maximum absolute atomic E-state index is 15.5. The van der Waals surface area contributed by atoms with Gasteiger partial charge in [-0.2, -0.15) is 0 Å². The number of rotatable bonds is 26. The molecule has 3 saturated heterocycles. The highest BCUT2D eigenvalue weighted by Gasteiger charge is 2.56. The Morgan fingerprint density at radius 1 is 0.667 bits per heavy atom. The summed E-state index contributed by atoms with van der Waals surface area (Å²) in [6.07, 6.45) is -8.47. The number of carbonyl (C=O) groups is 2. The van der Waals surface area contributed by atoms with Crippen molar-refractivity contribution in [3.05, 3.63) is 196 Å². The highest BCUT2D eigenvalue weighted by molar-refractivity contribution is 7.48. The molecule has 0 saturated carbocycles. The third-order valence-electron chi connectivity index (χ3n) is 15.5. The van der Waals surface area contributed by atoms with Crippen LogP contribution in [0.3, 0.4) is 0 Å². The minimum absolute atomic E-state index is 0.0312. The van der Waals surface area contributed by atoms with Crippen molar-refractivity contribution in [1.29, 1.82) is 0 Å². The summed E-state index contributed by atoms with van der Waals surface area (Å²) in [7, 11) is -13.4. The van der Waals surface area contributed by atoms with E-state index in [0.29, 0.717) is 11.1 Å². The van der Waals surface area contributed by atoms with Crippen molar-refractivity contribution >= 4 is 46.3 Å². The van der Waals surface area contributed by atoms with E-state index in [1.54, 1.807) is 43.5 Å². The molecular formula is C59H71N9O19P2Si. The van der Waals surface area contributed by atoms with E-state index in [4.69, 9.17) is 58.9 Å². The Bertz CT molecular complexity index is 3800. The van der Waals surface area contributed by atoms with Gasteiger partial charge in [0.2, 0.25) is 13.1 Å². The first-order valence-corrected chi connectivity index (χ1v) is 33.7. The molecule has 4 aliphatic rings. The fourth-order valence-corrected chi connectivity index (χ4v) is 18.5. The number of benzene rings is 3. The van der Waals surface area contributed by atoms with Crippen molar-refractivity contribution in [2.45, 2.75) is 127 Å². The molecule has 4 aliphatic heterocycles. The van der Waals surface area contributed by atoms with Gasteiger partial charge in [0.1, 0.15) is 68.6 Å². The SMILES string of the molecule is [C-]#[N+]CCOP(=O)(OC[C@H]1O[C@@H](n2cc(C)c(=O)[nH]c2=O)C[C@H]1OP(=O)(OCC[N+]#[C-])OC[C@H]1O[C@@H](N2C=C(C)C(NC(=O)c3ccccc3)NC2=O)C[C@H]1O[Si](c1ccccc1)(c1ccccc1)C(C)(C)C)O[C@@H]1C[C@H](n2cc(C)c(=O)[nH]c2=O)O[C@@H]1CO. The summed E-state index contributed by atoms with van der Waals surface area (Å²) in [6, 6.07) is 27.4. The number of hydrogen-bond donors (Lipinski definition) is 5. The lowest BCUT2D eigenvalue weighted by atomic mass is 10.1. The number of aliphatic hydroxyl groups is 1. The van der Waals surface area contributed by atoms with Crippen LogP contribution in [0.1, 0.15) is 80.9 Å². The van der Waals surface area contributed by atoms with Gasteiger partial charge in [0.15, 0.2) is 0 Å². The van der Waals surface area contributed by atoms with Crippen LogP contribution in [0, 0.1) is 27.0 Å². The number of ether oxygens (including phenoxy) is 3. The largest absolute Gasteiger partial charge is 0.475 e. The Hall–Kier alpha value is -7.28. The quantitative estimate of drug-likeness (QED) is 0.0213. The molecule has 3 unspecified atom stereocenters. The number of aryl methyl sites for hydroxylation is 2. The minimum atomic E-state index is -5.00. The number of phosphoric acid groups is 2. The molecule has 9 rings (SSSR count). The summed E-state index contributed by atoms with van der Waals surface area (Å²) < 4.78 is 95.2. The number of phosphoric ester groups is 2. The summed E-state index contributed by atoms with van der Waals surface area (Å²) in [5.74, 6) is -0.419. The number of aliphatic hydroxyl groups excluding tert-OH is 1. The Morgan fingerprint density at radius 2 is 1.11 bits per heavy atom. The van der Waals surface area contributed by atoms with Crippen molar-refractivity contribution in [3.8, 4) is 0 Å². The maximum Gasteiger partial charge on any atom is 0.475 e. The fourth-order valence-electron chi connectivity index (χ4n) is 11.0. The molecule has 6 heterocycles.